The highest BCUT2D eigenvalue weighted by Crippen LogP contribution is 2.40. The molecular weight excluding hydrogens is 411 g/mol. The SMILES string of the molecule is CNC(=S)SCC(=NC(=O)c1sc(Cl)c(Cl)c1Cl)C(=O)OC. The van der Waals surface area contributed by atoms with Crippen molar-refractivity contribution in [1.29, 1.82) is 0 Å². The normalized spacial score (nSPS) is 11.2. The predicted molar refractivity (Wildman–Crippen MR) is 97.2 cm³/mol. The van der Waals surface area contributed by atoms with Crippen molar-refractivity contribution in [2.24, 2.45) is 4.99 Å². The van der Waals surface area contributed by atoms with Crippen molar-refractivity contribution in [2.45, 2.75) is 0 Å². The number of ether oxygens (including phenoxy) is 1. The number of methoxy groups -OCH3 is 1. The molecule has 0 saturated heterocycles. The highest BCUT2D eigenvalue weighted by molar-refractivity contribution is 8.23. The Morgan fingerprint density at radius 1 is 1.36 bits per heavy atom. The molecule has 1 amide bonds. The van der Waals surface area contributed by atoms with Crippen LogP contribution in [0.25, 0.3) is 0 Å². The Morgan fingerprint density at radius 2 is 2.00 bits per heavy atom. The maximum Gasteiger partial charge on any atom is 0.353 e. The van der Waals surface area contributed by atoms with Gasteiger partial charge in [-0.05, 0) is 0 Å². The van der Waals surface area contributed by atoms with Gasteiger partial charge in [-0.3, -0.25) is 4.79 Å². The van der Waals surface area contributed by atoms with Crippen molar-refractivity contribution in [3.05, 3.63) is 19.3 Å². The van der Waals surface area contributed by atoms with E-state index >= 15 is 0 Å². The van der Waals surface area contributed by atoms with Crippen LogP contribution in [-0.4, -0.2) is 41.8 Å². The summed E-state index contributed by atoms with van der Waals surface area (Å²) in [6.45, 7) is 0. The number of carbonyl (C=O) groups excluding carboxylic acids is 2. The average molecular weight is 420 g/mol. The van der Waals surface area contributed by atoms with E-state index in [9.17, 15) is 9.59 Å². The molecule has 0 radical (unpaired) electrons. The Morgan fingerprint density at radius 3 is 2.45 bits per heavy atom. The summed E-state index contributed by atoms with van der Waals surface area (Å²) in [5, 5.41) is 2.82. The van der Waals surface area contributed by atoms with Crippen LogP contribution in [0, 0.1) is 0 Å². The van der Waals surface area contributed by atoms with Gasteiger partial charge in [0.2, 0.25) is 0 Å². The number of hydrogen-bond acceptors (Lipinski definition) is 6. The molecule has 0 spiro atoms. The maximum absolute atomic E-state index is 12.1. The summed E-state index contributed by atoms with van der Waals surface area (Å²) < 4.78 is 5.22. The van der Waals surface area contributed by atoms with E-state index in [1.807, 2.05) is 0 Å². The van der Waals surface area contributed by atoms with Gasteiger partial charge in [-0.25, -0.2) is 9.79 Å². The molecule has 5 nitrogen and oxygen atoms in total. The smallest absolute Gasteiger partial charge is 0.353 e. The second kappa shape index (κ2) is 9.05. The number of nitrogens with one attached hydrogen (secondary N) is 1. The van der Waals surface area contributed by atoms with Crippen LogP contribution in [0.1, 0.15) is 9.67 Å². The summed E-state index contributed by atoms with van der Waals surface area (Å²) in [5.41, 5.74) is -0.0909. The zero-order valence-electron chi connectivity index (χ0n) is 11.2. The van der Waals surface area contributed by atoms with Crippen molar-refractivity contribution in [3.8, 4) is 0 Å². The first kappa shape index (κ1) is 19.7. The summed E-state index contributed by atoms with van der Waals surface area (Å²) in [5.74, 6) is -1.38. The molecule has 1 N–H and O–H groups in total. The first-order valence-electron chi connectivity index (χ1n) is 5.49. The Kier molecular flexibility index (Phi) is 8.09. The zero-order chi connectivity index (χ0) is 16.9. The fourth-order valence-corrected chi connectivity index (χ4v) is 3.59. The Bertz CT molecular complexity index is 646. The molecule has 22 heavy (non-hydrogen) atoms. The van der Waals surface area contributed by atoms with Gasteiger partial charge in [0.05, 0.1) is 22.9 Å². The number of nitrogens with zero attached hydrogens (tertiary/aromatic N) is 1. The van der Waals surface area contributed by atoms with E-state index in [0.717, 1.165) is 23.1 Å². The molecule has 0 atom stereocenters. The van der Waals surface area contributed by atoms with Crippen LogP contribution in [-0.2, 0) is 9.53 Å². The van der Waals surface area contributed by atoms with Crippen LogP contribution in [0.5, 0.6) is 0 Å². The molecule has 0 aromatic carbocycles. The van der Waals surface area contributed by atoms with Crippen molar-refractivity contribution < 1.29 is 14.3 Å². The molecule has 11 heteroatoms. The molecule has 1 aromatic rings. The summed E-state index contributed by atoms with van der Waals surface area (Å²) >= 11 is 24.5. The summed E-state index contributed by atoms with van der Waals surface area (Å²) in [4.78, 5) is 27.6. The zero-order valence-corrected chi connectivity index (χ0v) is 16.0. The summed E-state index contributed by atoms with van der Waals surface area (Å²) in [6.07, 6.45) is 0. The Balaban J connectivity index is 3.04. The van der Waals surface area contributed by atoms with Gasteiger partial charge >= 0.3 is 5.97 Å². The lowest BCUT2D eigenvalue weighted by molar-refractivity contribution is -0.132. The van der Waals surface area contributed by atoms with Gasteiger partial charge in [-0.1, -0.05) is 58.8 Å². The number of thiophene rings is 1. The number of halogens is 3. The van der Waals surface area contributed by atoms with Gasteiger partial charge in [-0.15, -0.1) is 11.3 Å². The van der Waals surface area contributed by atoms with Crippen LogP contribution < -0.4 is 5.32 Å². The lowest BCUT2D eigenvalue weighted by Gasteiger charge is -2.04. The fraction of sp³-hybridized carbons (Fsp3) is 0.273. The van der Waals surface area contributed by atoms with E-state index in [4.69, 9.17) is 47.0 Å². The predicted octanol–water partition coefficient (Wildman–Crippen LogP) is 3.70. The van der Waals surface area contributed by atoms with Gasteiger partial charge in [0, 0.05) is 7.05 Å². The monoisotopic (exact) mass is 418 g/mol. The number of thiocarbonyl (C=S) groups is 1. The molecule has 1 heterocycles. The molecule has 0 aliphatic heterocycles. The quantitative estimate of drug-likeness (QED) is 0.456. The molecule has 0 bridgehead atoms. The molecule has 0 fully saturated rings. The van der Waals surface area contributed by atoms with Crippen LogP contribution in [0.3, 0.4) is 0 Å². The van der Waals surface area contributed by atoms with Gasteiger partial charge in [-0.2, -0.15) is 0 Å². The van der Waals surface area contributed by atoms with E-state index < -0.39 is 11.9 Å². The molecule has 120 valence electrons. The molecule has 1 aromatic heterocycles. The number of thioether (sulfide) groups is 1. The van der Waals surface area contributed by atoms with Gasteiger partial charge < -0.3 is 10.1 Å². The standard InChI is InChI=1S/C11H9Cl3N2O3S3/c1-15-11(20)21-3-4(10(18)19-2)16-9(17)7-5(12)6(13)8(14)22-7/h3H2,1-2H3,(H,15,20). The van der Waals surface area contributed by atoms with Crippen molar-refractivity contribution >= 4 is 92.0 Å². The minimum atomic E-state index is -0.732. The van der Waals surface area contributed by atoms with Gasteiger partial charge in [0.25, 0.3) is 5.91 Å². The number of rotatable bonds is 4. The van der Waals surface area contributed by atoms with Crippen molar-refractivity contribution in [1.82, 2.24) is 5.32 Å². The van der Waals surface area contributed by atoms with E-state index in [1.54, 1.807) is 7.05 Å². The fourth-order valence-electron chi connectivity index (χ4n) is 1.14. The molecule has 1 rings (SSSR count). The van der Waals surface area contributed by atoms with Crippen LogP contribution in [0.15, 0.2) is 4.99 Å². The maximum atomic E-state index is 12.1. The second-order valence-electron chi connectivity index (χ2n) is 3.51. The number of hydrogen-bond donors (Lipinski definition) is 1. The van der Waals surface area contributed by atoms with E-state index in [2.05, 4.69) is 15.0 Å². The highest BCUT2D eigenvalue weighted by atomic mass is 35.5. The minimum Gasteiger partial charge on any atom is -0.465 e. The number of carbonyl (C=O) groups is 2. The third-order valence-corrected chi connectivity index (χ3v) is 6.15. The minimum absolute atomic E-state index is 0.00744. The number of amides is 1. The largest absolute Gasteiger partial charge is 0.465 e. The molecular formula is C11H9Cl3N2O3S3. The first-order chi connectivity index (χ1) is 10.3. The molecule has 0 saturated carbocycles. The number of aliphatic imine (C=N–C) groups is 1. The summed E-state index contributed by atoms with van der Waals surface area (Å²) in [6, 6.07) is 0. The Hall–Kier alpha value is -0.380. The second-order valence-corrected chi connectivity index (χ2v) is 7.55. The number of esters is 1. The molecule has 0 aliphatic carbocycles. The average Bonchev–Trinajstić information content (AvgIpc) is 2.77. The van der Waals surface area contributed by atoms with Gasteiger partial charge in [0.15, 0.2) is 0 Å². The van der Waals surface area contributed by atoms with Crippen LogP contribution >= 0.6 is 70.1 Å². The molecule has 0 aliphatic rings. The third kappa shape index (κ3) is 5.07. The van der Waals surface area contributed by atoms with E-state index in [0.29, 0.717) is 4.32 Å². The molecule has 0 unspecified atom stereocenters. The van der Waals surface area contributed by atoms with Crippen LogP contribution in [0.4, 0.5) is 0 Å². The third-order valence-electron chi connectivity index (χ3n) is 2.15. The topological polar surface area (TPSA) is 67.8 Å². The van der Waals surface area contributed by atoms with E-state index in [-0.39, 0.29) is 30.7 Å². The van der Waals surface area contributed by atoms with Gasteiger partial charge in [0.1, 0.15) is 19.2 Å². The Labute approximate surface area is 155 Å². The van der Waals surface area contributed by atoms with E-state index in [1.165, 1.54) is 7.11 Å². The lowest BCUT2D eigenvalue weighted by atomic mass is 10.4. The lowest BCUT2D eigenvalue weighted by Crippen LogP contribution is -2.22. The highest BCUT2D eigenvalue weighted by Gasteiger charge is 2.22. The summed E-state index contributed by atoms with van der Waals surface area (Å²) in [7, 11) is 2.83. The van der Waals surface area contributed by atoms with Crippen molar-refractivity contribution in [3.63, 3.8) is 0 Å². The van der Waals surface area contributed by atoms with Crippen LogP contribution in [0.2, 0.25) is 14.4 Å². The van der Waals surface area contributed by atoms with Crippen molar-refractivity contribution in [2.75, 3.05) is 19.9 Å². The first-order valence-corrected chi connectivity index (χ1v) is 8.84.